The molecule has 3 N–H and O–H groups in total. The summed E-state index contributed by atoms with van der Waals surface area (Å²) >= 11 is 0. The number of aliphatic hydroxyl groups excluding tert-OH is 1. The molecule has 2 amide bonds. The molecule has 1 aliphatic carbocycles. The number of aliphatic hydroxyl groups is 1. The third-order valence-corrected chi connectivity index (χ3v) is 7.88. The molecule has 1 saturated carbocycles. The van der Waals surface area contributed by atoms with E-state index >= 15 is 0 Å². The predicted molar refractivity (Wildman–Crippen MR) is 153 cm³/mol. The maximum absolute atomic E-state index is 13.1. The molecular formula is C32H34N4O4. The van der Waals surface area contributed by atoms with Gasteiger partial charge in [-0.25, -0.2) is 0 Å². The van der Waals surface area contributed by atoms with Crippen molar-refractivity contribution in [2.45, 2.75) is 57.3 Å². The Bertz CT molecular complexity index is 1520. The van der Waals surface area contributed by atoms with Crippen LogP contribution in [-0.2, 0) is 11.3 Å². The van der Waals surface area contributed by atoms with Crippen LogP contribution in [0.2, 0.25) is 0 Å². The number of likely N-dealkylation sites (tertiary alicyclic amines) is 1. The summed E-state index contributed by atoms with van der Waals surface area (Å²) in [5, 5.41) is 21.1. The number of aromatic amines is 1. The van der Waals surface area contributed by atoms with Crippen molar-refractivity contribution in [2.75, 3.05) is 13.1 Å². The van der Waals surface area contributed by atoms with E-state index in [0.29, 0.717) is 31.1 Å². The van der Waals surface area contributed by atoms with Gasteiger partial charge < -0.3 is 20.1 Å². The third-order valence-electron chi connectivity index (χ3n) is 7.88. The summed E-state index contributed by atoms with van der Waals surface area (Å²) in [6.45, 7) is 3.17. The molecule has 0 bridgehead atoms. The first kappa shape index (κ1) is 26.1. The maximum Gasteiger partial charge on any atom is 0.251 e. The van der Waals surface area contributed by atoms with Crippen LogP contribution in [0, 0.1) is 0 Å². The van der Waals surface area contributed by atoms with Gasteiger partial charge in [-0.3, -0.25) is 14.7 Å². The maximum atomic E-state index is 13.1. The van der Waals surface area contributed by atoms with Crippen LogP contribution in [0.5, 0.6) is 5.75 Å². The molecule has 6 rings (SSSR count). The van der Waals surface area contributed by atoms with Crippen LogP contribution in [0.25, 0.3) is 22.2 Å². The summed E-state index contributed by atoms with van der Waals surface area (Å²) in [6, 6.07) is 21.8. The van der Waals surface area contributed by atoms with Crippen LogP contribution in [0.3, 0.4) is 0 Å². The third kappa shape index (κ3) is 5.58. The molecule has 3 aromatic carbocycles. The zero-order valence-corrected chi connectivity index (χ0v) is 22.6. The Balaban J connectivity index is 1.11. The van der Waals surface area contributed by atoms with E-state index in [1.54, 1.807) is 4.90 Å². The molecule has 0 radical (unpaired) electrons. The molecule has 2 heterocycles. The van der Waals surface area contributed by atoms with Crippen LogP contribution in [0.15, 0.2) is 66.7 Å². The first-order valence-electron chi connectivity index (χ1n) is 14.0. The van der Waals surface area contributed by atoms with Crippen molar-refractivity contribution in [1.82, 2.24) is 20.4 Å². The van der Waals surface area contributed by atoms with Crippen molar-refractivity contribution in [3.8, 4) is 17.0 Å². The van der Waals surface area contributed by atoms with Crippen LogP contribution < -0.4 is 10.1 Å². The Labute approximate surface area is 233 Å². The largest absolute Gasteiger partial charge is 0.490 e. The topological polar surface area (TPSA) is 108 Å². The number of benzene rings is 3. The summed E-state index contributed by atoms with van der Waals surface area (Å²) in [5.74, 6) is 1.06. The van der Waals surface area contributed by atoms with E-state index in [0.717, 1.165) is 40.8 Å². The van der Waals surface area contributed by atoms with Gasteiger partial charge in [-0.1, -0.05) is 24.3 Å². The lowest BCUT2D eigenvalue weighted by atomic mass is 10.0. The lowest BCUT2D eigenvalue weighted by Gasteiger charge is -2.32. The molecule has 8 nitrogen and oxygen atoms in total. The first-order valence-corrected chi connectivity index (χ1v) is 14.0. The highest BCUT2D eigenvalue weighted by molar-refractivity contribution is 6.01. The van der Waals surface area contributed by atoms with Gasteiger partial charge in [-0.2, -0.15) is 5.10 Å². The Hall–Kier alpha value is -4.17. The number of piperidine rings is 1. The molecule has 1 aliphatic heterocycles. The fourth-order valence-electron chi connectivity index (χ4n) is 5.48. The highest BCUT2D eigenvalue weighted by Gasteiger charge is 2.27. The highest BCUT2D eigenvalue weighted by atomic mass is 16.5. The second-order valence-electron chi connectivity index (χ2n) is 10.8. The molecule has 1 atom stereocenters. The van der Waals surface area contributed by atoms with Gasteiger partial charge in [0.05, 0.1) is 11.2 Å². The number of fused-ring (bicyclic) bond motifs is 1. The van der Waals surface area contributed by atoms with Crippen molar-refractivity contribution in [1.29, 1.82) is 0 Å². The number of ether oxygens (including phenoxy) is 1. The zero-order valence-electron chi connectivity index (χ0n) is 22.6. The van der Waals surface area contributed by atoms with Crippen LogP contribution in [-0.4, -0.2) is 57.3 Å². The highest BCUT2D eigenvalue weighted by Crippen LogP contribution is 2.41. The second kappa shape index (κ2) is 11.1. The molecule has 0 unspecified atom stereocenters. The number of nitrogens with zero attached hydrogens (tertiary/aromatic N) is 2. The van der Waals surface area contributed by atoms with Gasteiger partial charge in [0.1, 0.15) is 18.0 Å². The van der Waals surface area contributed by atoms with Crippen LogP contribution in [0.1, 0.15) is 60.0 Å². The minimum atomic E-state index is -0.969. The first-order chi connectivity index (χ1) is 19.5. The van der Waals surface area contributed by atoms with Gasteiger partial charge in [-0.15, -0.1) is 0 Å². The summed E-state index contributed by atoms with van der Waals surface area (Å²) in [5.41, 5.74) is 5.69. The van der Waals surface area contributed by atoms with Crippen molar-refractivity contribution < 1.29 is 19.4 Å². The molecule has 4 aromatic rings. The lowest BCUT2D eigenvalue weighted by molar-refractivity contribution is -0.141. The fourth-order valence-corrected chi connectivity index (χ4v) is 5.48. The van der Waals surface area contributed by atoms with Gasteiger partial charge in [-0.05, 0) is 79.3 Å². The smallest absolute Gasteiger partial charge is 0.251 e. The van der Waals surface area contributed by atoms with Crippen molar-refractivity contribution >= 4 is 22.7 Å². The number of hydrogen-bond acceptors (Lipinski definition) is 5. The van der Waals surface area contributed by atoms with Gasteiger partial charge in [0, 0.05) is 49.0 Å². The van der Waals surface area contributed by atoms with Crippen molar-refractivity contribution in [3.63, 3.8) is 0 Å². The predicted octanol–water partition coefficient (Wildman–Crippen LogP) is 4.79. The number of carbonyl (C=O) groups excluding carboxylic acids is 2. The van der Waals surface area contributed by atoms with E-state index in [-0.39, 0.29) is 17.9 Å². The summed E-state index contributed by atoms with van der Waals surface area (Å²) in [7, 11) is 0. The average Bonchev–Trinajstić information content (AvgIpc) is 3.75. The molecule has 1 saturated heterocycles. The second-order valence-corrected chi connectivity index (χ2v) is 10.8. The number of H-pyrrole nitrogens is 1. The van der Waals surface area contributed by atoms with E-state index in [1.807, 2.05) is 48.5 Å². The van der Waals surface area contributed by atoms with Crippen molar-refractivity contribution in [3.05, 3.63) is 83.4 Å². The number of nitrogens with one attached hydrogen (secondary N) is 2. The van der Waals surface area contributed by atoms with Crippen LogP contribution >= 0.6 is 0 Å². The Kier molecular flexibility index (Phi) is 7.26. The molecule has 2 fully saturated rings. The lowest BCUT2D eigenvalue weighted by Crippen LogP contribution is -2.45. The molecule has 2 aliphatic rings. The fraction of sp³-hybridized carbons (Fsp3) is 0.344. The van der Waals surface area contributed by atoms with Crippen molar-refractivity contribution in [2.24, 2.45) is 0 Å². The molecule has 40 heavy (non-hydrogen) atoms. The Morgan fingerprint density at radius 3 is 2.52 bits per heavy atom. The summed E-state index contributed by atoms with van der Waals surface area (Å²) in [6.07, 6.45) is 2.95. The van der Waals surface area contributed by atoms with E-state index in [2.05, 4.69) is 33.7 Å². The van der Waals surface area contributed by atoms with Gasteiger partial charge >= 0.3 is 0 Å². The van der Waals surface area contributed by atoms with Gasteiger partial charge in [0.2, 0.25) is 0 Å². The minimum absolute atomic E-state index is 0.0208. The standard InChI is InChI=1S/C32H34N4O4/c1-20(37)32(39)36-16-14-26(15-17-36)40-25-11-8-22(9-12-25)30-28-18-23(10-13-29(28)34-35-30)31(38)33-19-24-4-2-3-5-27(24)21-6-7-21/h2-5,8-13,18,20-21,26,37H,6-7,14-17,19H2,1H3,(H,33,38)(H,34,35)/t20-/m0/s1. The molecule has 0 spiro atoms. The molecular weight excluding hydrogens is 504 g/mol. The molecule has 8 heteroatoms. The molecule has 206 valence electrons. The Morgan fingerprint density at radius 1 is 1.05 bits per heavy atom. The van der Waals surface area contributed by atoms with E-state index in [9.17, 15) is 14.7 Å². The summed E-state index contributed by atoms with van der Waals surface area (Å²) < 4.78 is 6.16. The molecule has 1 aromatic heterocycles. The van der Waals surface area contributed by atoms with Crippen LogP contribution in [0.4, 0.5) is 0 Å². The minimum Gasteiger partial charge on any atom is -0.490 e. The SMILES string of the molecule is C[C@H](O)C(=O)N1CCC(Oc2ccc(-c3n[nH]c4ccc(C(=O)NCc5ccccc5C5CC5)cc34)cc2)CC1. The van der Waals surface area contributed by atoms with E-state index in [1.165, 1.54) is 30.9 Å². The number of carbonyl (C=O) groups is 2. The number of hydrogen-bond donors (Lipinski definition) is 3. The quantitative estimate of drug-likeness (QED) is 0.299. The van der Waals surface area contributed by atoms with E-state index < -0.39 is 6.10 Å². The Morgan fingerprint density at radius 2 is 1.80 bits per heavy atom. The zero-order chi connectivity index (χ0) is 27.6. The van der Waals surface area contributed by atoms with Gasteiger partial charge in [0.15, 0.2) is 0 Å². The number of amides is 2. The van der Waals surface area contributed by atoms with E-state index in [4.69, 9.17) is 4.74 Å². The number of aromatic nitrogens is 2. The number of rotatable bonds is 8. The summed E-state index contributed by atoms with van der Waals surface area (Å²) in [4.78, 5) is 26.7. The monoisotopic (exact) mass is 538 g/mol. The normalized spacial score (nSPS) is 16.6. The van der Waals surface area contributed by atoms with Gasteiger partial charge in [0.25, 0.3) is 11.8 Å². The average molecular weight is 539 g/mol.